The largest absolute Gasteiger partial charge is 0.304 e. The Morgan fingerprint density at radius 3 is 2.42 bits per heavy atom. The number of sulfone groups is 1. The molecule has 0 N–H and O–H groups in total. The van der Waals surface area contributed by atoms with Gasteiger partial charge in [0.25, 0.3) is 10.8 Å². The molecule has 0 radical (unpaired) electrons. The minimum absolute atomic E-state index is 0.0350. The predicted molar refractivity (Wildman–Crippen MR) is 123 cm³/mol. The normalized spacial score (nSPS) is 21.2. The molecule has 1 spiro atoms. The van der Waals surface area contributed by atoms with E-state index >= 15 is 0 Å². The maximum Gasteiger partial charge on any atom is 0.274 e. The first-order valence-corrected chi connectivity index (χ1v) is 12.2. The number of hydrogen-bond acceptors (Lipinski definition) is 4. The van der Waals surface area contributed by atoms with E-state index in [0.717, 1.165) is 28.2 Å². The summed E-state index contributed by atoms with van der Waals surface area (Å²) >= 11 is 5.93. The summed E-state index contributed by atoms with van der Waals surface area (Å²) in [4.78, 5) is 27.1. The highest BCUT2D eigenvalue weighted by Gasteiger charge is 2.69. The topological polar surface area (TPSA) is 74.8 Å². The number of aryl methyl sites for hydroxylation is 1. The van der Waals surface area contributed by atoms with E-state index in [1.807, 2.05) is 31.2 Å². The summed E-state index contributed by atoms with van der Waals surface area (Å²) in [5.74, 6) is -3.10. The molecule has 1 fully saturated rings. The molecule has 6 nitrogen and oxygen atoms in total. The Kier molecular flexibility index (Phi) is 4.84. The van der Waals surface area contributed by atoms with Gasteiger partial charge in [0.15, 0.2) is 9.84 Å². The minimum atomic E-state index is -4.30. The van der Waals surface area contributed by atoms with Crippen LogP contribution in [0.25, 0.3) is 0 Å². The number of amides is 2. The molecule has 0 aliphatic carbocycles. The van der Waals surface area contributed by atoms with Crippen molar-refractivity contribution in [3.63, 3.8) is 0 Å². The molecule has 2 amide bonds. The summed E-state index contributed by atoms with van der Waals surface area (Å²) in [5.41, 5.74) is 2.48. The second kappa shape index (κ2) is 7.40. The molecule has 0 aromatic heterocycles. The Hall–Kier alpha value is -3.23. The van der Waals surface area contributed by atoms with Crippen LogP contribution in [0.5, 0.6) is 0 Å². The fourth-order valence-corrected chi connectivity index (χ4v) is 6.76. The first-order chi connectivity index (χ1) is 15.7. The van der Waals surface area contributed by atoms with Gasteiger partial charge in [-0.15, -0.1) is 0 Å². The van der Waals surface area contributed by atoms with Gasteiger partial charge in [-0.05, 0) is 36.8 Å². The number of carbonyl (C=O) groups is 2. The molecule has 3 aromatic rings. The zero-order valence-electron chi connectivity index (χ0n) is 17.5. The first kappa shape index (κ1) is 21.6. The van der Waals surface area contributed by atoms with Gasteiger partial charge in [0.05, 0.1) is 17.3 Å². The Labute approximate surface area is 195 Å². The molecular formula is C24H18ClFN2O4S. The third-order valence-electron chi connectivity index (χ3n) is 6.05. The summed E-state index contributed by atoms with van der Waals surface area (Å²) in [7, 11) is -4.30. The predicted octanol–water partition coefficient (Wildman–Crippen LogP) is 3.95. The molecule has 0 bridgehead atoms. The number of benzene rings is 3. The van der Waals surface area contributed by atoms with Crippen LogP contribution < -0.4 is 9.80 Å². The zero-order chi connectivity index (χ0) is 23.5. The van der Waals surface area contributed by atoms with E-state index in [9.17, 15) is 22.4 Å². The highest BCUT2D eigenvalue weighted by molar-refractivity contribution is 7.94. The van der Waals surface area contributed by atoms with E-state index in [0.29, 0.717) is 5.69 Å². The van der Waals surface area contributed by atoms with E-state index in [-0.39, 0.29) is 22.8 Å². The molecule has 0 unspecified atom stereocenters. The molecule has 1 atom stereocenters. The van der Waals surface area contributed by atoms with Crippen molar-refractivity contribution in [2.75, 3.05) is 15.6 Å². The maximum atomic E-state index is 14.0. The molecule has 2 aliphatic rings. The van der Waals surface area contributed by atoms with Crippen molar-refractivity contribution in [3.05, 3.63) is 94.3 Å². The van der Waals surface area contributed by atoms with E-state index in [4.69, 9.17) is 11.6 Å². The average Bonchev–Trinajstić information content (AvgIpc) is 3.14. The van der Waals surface area contributed by atoms with Gasteiger partial charge in [0.1, 0.15) is 11.6 Å². The molecule has 2 aliphatic heterocycles. The van der Waals surface area contributed by atoms with Crippen molar-refractivity contribution in [1.29, 1.82) is 0 Å². The van der Waals surface area contributed by atoms with Crippen LogP contribution in [0.1, 0.15) is 16.7 Å². The third-order valence-corrected chi connectivity index (χ3v) is 8.44. The van der Waals surface area contributed by atoms with E-state index in [1.165, 1.54) is 17.0 Å². The number of para-hydroxylation sites is 1. The Morgan fingerprint density at radius 1 is 1.03 bits per heavy atom. The van der Waals surface area contributed by atoms with Crippen LogP contribution in [0.15, 0.2) is 66.7 Å². The van der Waals surface area contributed by atoms with Gasteiger partial charge < -0.3 is 4.90 Å². The molecule has 5 rings (SSSR count). The minimum Gasteiger partial charge on any atom is -0.304 e. The van der Waals surface area contributed by atoms with E-state index in [2.05, 4.69) is 0 Å². The number of halogens is 2. The summed E-state index contributed by atoms with van der Waals surface area (Å²) in [5, 5.41) is -0.282. The van der Waals surface area contributed by atoms with Crippen LogP contribution in [-0.2, 0) is 30.8 Å². The summed E-state index contributed by atoms with van der Waals surface area (Å²) in [6.07, 6.45) is 0. The Bertz CT molecular complexity index is 1420. The molecule has 33 heavy (non-hydrogen) atoms. The molecule has 3 aromatic carbocycles. The number of carbonyl (C=O) groups excluding carboxylic acids is 2. The average molecular weight is 485 g/mol. The number of hydrogen-bond donors (Lipinski definition) is 0. The molecule has 1 saturated heterocycles. The monoisotopic (exact) mass is 484 g/mol. The second-order valence-corrected chi connectivity index (χ2v) is 10.6. The highest BCUT2D eigenvalue weighted by atomic mass is 35.5. The molecule has 168 valence electrons. The van der Waals surface area contributed by atoms with E-state index in [1.54, 1.807) is 18.2 Å². The molecule has 2 heterocycles. The van der Waals surface area contributed by atoms with Crippen molar-refractivity contribution in [2.24, 2.45) is 0 Å². The molecule has 9 heteroatoms. The number of nitrogens with zero attached hydrogens (tertiary/aromatic N) is 2. The lowest BCUT2D eigenvalue weighted by Crippen LogP contribution is -2.54. The van der Waals surface area contributed by atoms with Gasteiger partial charge >= 0.3 is 0 Å². The van der Waals surface area contributed by atoms with Crippen molar-refractivity contribution < 1.29 is 22.4 Å². The lowest BCUT2D eigenvalue weighted by Gasteiger charge is -2.32. The van der Waals surface area contributed by atoms with Gasteiger partial charge in [0.2, 0.25) is 5.91 Å². The standard InChI is InChI=1S/C24H18ClFN2O4S/c1-15-6-8-16(9-7-15)13-27-21-5-3-2-4-18(21)24(23(27)30)28(22(29)14-33(24,31)32)17-10-11-20(26)19(25)12-17/h2-12H,13-14H2,1H3/t24-/m0/s1. The number of fused-ring (bicyclic) bond motifs is 2. The van der Waals surface area contributed by atoms with Crippen LogP contribution in [0.2, 0.25) is 5.02 Å². The van der Waals surface area contributed by atoms with Gasteiger partial charge in [-0.25, -0.2) is 12.8 Å². The van der Waals surface area contributed by atoms with Crippen LogP contribution in [0, 0.1) is 12.7 Å². The van der Waals surface area contributed by atoms with Gasteiger partial charge in [-0.3, -0.25) is 14.5 Å². The van der Waals surface area contributed by atoms with Crippen molar-refractivity contribution in [2.45, 2.75) is 18.3 Å². The van der Waals surface area contributed by atoms with Crippen LogP contribution in [0.3, 0.4) is 0 Å². The van der Waals surface area contributed by atoms with Crippen LogP contribution in [0.4, 0.5) is 15.8 Å². The van der Waals surface area contributed by atoms with Gasteiger partial charge in [0, 0.05) is 11.3 Å². The highest BCUT2D eigenvalue weighted by Crippen LogP contribution is 2.53. The fourth-order valence-electron chi connectivity index (χ4n) is 4.55. The van der Waals surface area contributed by atoms with E-state index < -0.39 is 38.1 Å². The number of anilines is 2. The van der Waals surface area contributed by atoms with Gasteiger partial charge in [-0.2, -0.15) is 0 Å². The summed E-state index contributed by atoms with van der Waals surface area (Å²) < 4.78 is 40.9. The SMILES string of the molecule is Cc1ccc(CN2C(=O)[C@@]3(c4ccccc42)N(c2ccc(F)c(Cl)c2)C(=O)CS3(=O)=O)cc1. The van der Waals surface area contributed by atoms with Crippen molar-refractivity contribution in [1.82, 2.24) is 0 Å². The lowest BCUT2D eigenvalue weighted by atomic mass is 10.0. The lowest BCUT2D eigenvalue weighted by molar-refractivity contribution is -0.123. The van der Waals surface area contributed by atoms with Gasteiger partial charge in [-0.1, -0.05) is 59.6 Å². The fraction of sp³-hybridized carbons (Fsp3) is 0.167. The summed E-state index contributed by atoms with van der Waals surface area (Å²) in [6, 6.07) is 17.5. The summed E-state index contributed by atoms with van der Waals surface area (Å²) in [6.45, 7) is 2.07. The smallest absolute Gasteiger partial charge is 0.274 e. The number of rotatable bonds is 3. The first-order valence-electron chi connectivity index (χ1n) is 10.1. The van der Waals surface area contributed by atoms with Crippen molar-refractivity contribution >= 4 is 44.6 Å². The van der Waals surface area contributed by atoms with Crippen LogP contribution >= 0.6 is 11.6 Å². The Morgan fingerprint density at radius 2 is 1.73 bits per heavy atom. The second-order valence-electron chi connectivity index (χ2n) is 8.12. The molecular weight excluding hydrogens is 467 g/mol. The third kappa shape index (κ3) is 3.01. The van der Waals surface area contributed by atoms with Crippen molar-refractivity contribution in [3.8, 4) is 0 Å². The Balaban J connectivity index is 1.73. The van der Waals surface area contributed by atoms with Crippen LogP contribution in [-0.4, -0.2) is 26.0 Å². The molecule has 0 saturated carbocycles. The zero-order valence-corrected chi connectivity index (χ0v) is 19.0. The maximum absolute atomic E-state index is 14.0. The quantitative estimate of drug-likeness (QED) is 0.564.